The van der Waals surface area contributed by atoms with Gasteiger partial charge in [0.05, 0.1) is 12.1 Å². The van der Waals surface area contributed by atoms with Crippen LogP contribution in [0.15, 0.2) is 47.4 Å². The number of halogens is 1. The second kappa shape index (κ2) is 8.43. The molecule has 3 rings (SSSR count). The van der Waals surface area contributed by atoms with Crippen molar-refractivity contribution in [3.63, 3.8) is 0 Å². The van der Waals surface area contributed by atoms with Gasteiger partial charge in [-0.1, -0.05) is 12.1 Å². The molecule has 142 valence electrons. The molecular weight excluding hydrogens is 365 g/mol. The van der Waals surface area contributed by atoms with Crippen LogP contribution in [-0.2, 0) is 4.79 Å². The number of fused-ring (bicyclic) bond motifs is 1. The number of urea groups is 1. The summed E-state index contributed by atoms with van der Waals surface area (Å²) < 4.78 is 13.6. The van der Waals surface area contributed by atoms with Crippen molar-refractivity contribution in [2.45, 2.75) is 37.2 Å². The highest BCUT2D eigenvalue weighted by molar-refractivity contribution is 7.99. The molecule has 2 atom stereocenters. The van der Waals surface area contributed by atoms with Gasteiger partial charge in [-0.3, -0.25) is 4.79 Å². The van der Waals surface area contributed by atoms with Crippen LogP contribution < -0.4 is 16.0 Å². The molecule has 0 saturated heterocycles. The van der Waals surface area contributed by atoms with Gasteiger partial charge in [-0.05, 0) is 54.8 Å². The Morgan fingerprint density at radius 3 is 2.81 bits per heavy atom. The molecule has 0 aromatic heterocycles. The van der Waals surface area contributed by atoms with E-state index in [2.05, 4.69) is 16.0 Å². The molecule has 3 N–H and O–H groups in total. The molecule has 0 saturated carbocycles. The predicted molar refractivity (Wildman–Crippen MR) is 105 cm³/mol. The number of amides is 3. The summed E-state index contributed by atoms with van der Waals surface area (Å²) in [7, 11) is 0. The van der Waals surface area contributed by atoms with Crippen molar-refractivity contribution in [1.82, 2.24) is 10.6 Å². The highest BCUT2D eigenvalue weighted by Crippen LogP contribution is 2.36. The number of nitrogens with one attached hydrogen (secondary N) is 3. The van der Waals surface area contributed by atoms with Crippen LogP contribution in [0.5, 0.6) is 0 Å². The maximum atomic E-state index is 13.6. The van der Waals surface area contributed by atoms with Gasteiger partial charge in [-0.2, -0.15) is 0 Å². The van der Waals surface area contributed by atoms with Gasteiger partial charge in [0.1, 0.15) is 5.82 Å². The van der Waals surface area contributed by atoms with Gasteiger partial charge in [0, 0.05) is 23.3 Å². The van der Waals surface area contributed by atoms with Crippen LogP contribution in [0, 0.1) is 5.82 Å². The predicted octanol–water partition coefficient (Wildman–Crippen LogP) is 4.38. The Kier molecular flexibility index (Phi) is 6.01. The minimum atomic E-state index is -0.306. The number of thioether (sulfide) groups is 1. The van der Waals surface area contributed by atoms with Crippen molar-refractivity contribution < 1.29 is 14.0 Å². The van der Waals surface area contributed by atoms with Gasteiger partial charge in [0.15, 0.2) is 0 Å². The molecule has 0 fully saturated rings. The fraction of sp³-hybridized carbons (Fsp3) is 0.300. The molecule has 0 spiro atoms. The number of carbonyl (C=O) groups excluding carboxylic acids is 2. The minimum Gasteiger partial charge on any atom is -0.332 e. The molecular formula is C20H22FN3O2S. The first-order valence-electron chi connectivity index (χ1n) is 8.79. The SMILES string of the molecule is CC(=O)Nc1cccc([C@@H](C)NC(=O)N[C@@H]2CCSc3ccc(F)cc32)c1. The number of hydrogen-bond acceptors (Lipinski definition) is 3. The lowest BCUT2D eigenvalue weighted by Gasteiger charge is -2.27. The van der Waals surface area contributed by atoms with E-state index in [-0.39, 0.29) is 29.8 Å². The van der Waals surface area contributed by atoms with Gasteiger partial charge in [-0.25, -0.2) is 9.18 Å². The number of carbonyl (C=O) groups is 2. The summed E-state index contributed by atoms with van der Waals surface area (Å²) in [6.07, 6.45) is 0.751. The Morgan fingerprint density at radius 2 is 2.04 bits per heavy atom. The second-order valence-electron chi connectivity index (χ2n) is 6.52. The fourth-order valence-electron chi connectivity index (χ4n) is 3.08. The Morgan fingerprint density at radius 1 is 1.22 bits per heavy atom. The molecule has 2 aromatic carbocycles. The third kappa shape index (κ3) is 5.01. The summed E-state index contributed by atoms with van der Waals surface area (Å²) in [6, 6.07) is 11.3. The van der Waals surface area contributed by atoms with Crippen LogP contribution >= 0.6 is 11.8 Å². The van der Waals surface area contributed by atoms with E-state index in [0.717, 1.165) is 28.2 Å². The normalized spacial score (nSPS) is 16.8. The lowest BCUT2D eigenvalue weighted by molar-refractivity contribution is -0.114. The van der Waals surface area contributed by atoms with Crippen molar-refractivity contribution in [2.24, 2.45) is 0 Å². The average Bonchev–Trinajstić information content (AvgIpc) is 2.62. The van der Waals surface area contributed by atoms with Crippen molar-refractivity contribution in [3.8, 4) is 0 Å². The van der Waals surface area contributed by atoms with Crippen molar-refractivity contribution in [3.05, 3.63) is 59.4 Å². The summed E-state index contributed by atoms with van der Waals surface area (Å²) in [4.78, 5) is 24.7. The number of hydrogen-bond donors (Lipinski definition) is 3. The maximum absolute atomic E-state index is 13.6. The summed E-state index contributed by atoms with van der Waals surface area (Å²) in [5, 5.41) is 8.59. The Hall–Kier alpha value is -2.54. The molecule has 27 heavy (non-hydrogen) atoms. The zero-order valence-electron chi connectivity index (χ0n) is 15.2. The van der Waals surface area contributed by atoms with E-state index in [1.54, 1.807) is 23.9 Å². The first kappa shape index (κ1) is 19.2. The zero-order valence-corrected chi connectivity index (χ0v) is 16.0. The lowest BCUT2D eigenvalue weighted by atomic mass is 10.0. The van der Waals surface area contributed by atoms with Crippen LogP contribution in [0.25, 0.3) is 0 Å². The quantitative estimate of drug-likeness (QED) is 0.729. The first-order chi connectivity index (χ1) is 12.9. The van der Waals surface area contributed by atoms with E-state index >= 15 is 0 Å². The zero-order chi connectivity index (χ0) is 19.4. The molecule has 0 aliphatic carbocycles. The van der Waals surface area contributed by atoms with Gasteiger partial charge >= 0.3 is 6.03 Å². The molecule has 1 aliphatic heterocycles. The molecule has 0 unspecified atom stereocenters. The average molecular weight is 387 g/mol. The third-order valence-electron chi connectivity index (χ3n) is 4.37. The summed E-state index contributed by atoms with van der Waals surface area (Å²) >= 11 is 1.67. The topological polar surface area (TPSA) is 70.2 Å². The molecule has 5 nitrogen and oxygen atoms in total. The van der Waals surface area contributed by atoms with Gasteiger partial charge in [0.25, 0.3) is 0 Å². The van der Waals surface area contributed by atoms with Crippen molar-refractivity contribution in [1.29, 1.82) is 0 Å². The number of anilines is 1. The van der Waals surface area contributed by atoms with Crippen LogP contribution in [-0.4, -0.2) is 17.7 Å². The fourth-order valence-corrected chi connectivity index (χ4v) is 4.19. The Balaban J connectivity index is 1.65. The summed E-state index contributed by atoms with van der Waals surface area (Å²) in [5.74, 6) is 0.427. The van der Waals surface area contributed by atoms with Crippen molar-refractivity contribution >= 4 is 29.4 Å². The minimum absolute atomic E-state index is 0.147. The van der Waals surface area contributed by atoms with Crippen LogP contribution in [0.1, 0.15) is 43.5 Å². The molecule has 1 aliphatic rings. The molecule has 2 aromatic rings. The van der Waals surface area contributed by atoms with Crippen molar-refractivity contribution in [2.75, 3.05) is 11.1 Å². The van der Waals surface area contributed by atoms with E-state index in [1.807, 2.05) is 25.1 Å². The first-order valence-corrected chi connectivity index (χ1v) is 9.78. The molecule has 7 heteroatoms. The monoisotopic (exact) mass is 387 g/mol. The lowest BCUT2D eigenvalue weighted by Crippen LogP contribution is -2.40. The van der Waals surface area contributed by atoms with E-state index < -0.39 is 0 Å². The van der Waals surface area contributed by atoms with Gasteiger partial charge in [0.2, 0.25) is 5.91 Å². The molecule has 3 amide bonds. The highest BCUT2D eigenvalue weighted by atomic mass is 32.2. The molecule has 0 radical (unpaired) electrons. The van der Waals surface area contributed by atoms with Gasteiger partial charge < -0.3 is 16.0 Å². The van der Waals surface area contributed by atoms with Crippen LogP contribution in [0.2, 0.25) is 0 Å². The molecule has 1 heterocycles. The van der Waals surface area contributed by atoms with Crippen LogP contribution in [0.4, 0.5) is 14.9 Å². The Bertz CT molecular complexity index is 859. The summed E-state index contributed by atoms with van der Waals surface area (Å²) in [5.41, 5.74) is 2.38. The van der Waals surface area contributed by atoms with Crippen LogP contribution in [0.3, 0.4) is 0 Å². The smallest absolute Gasteiger partial charge is 0.315 e. The van der Waals surface area contributed by atoms with Gasteiger partial charge in [-0.15, -0.1) is 11.8 Å². The van der Waals surface area contributed by atoms with E-state index in [0.29, 0.717) is 5.69 Å². The van der Waals surface area contributed by atoms with E-state index in [1.165, 1.54) is 19.1 Å². The largest absolute Gasteiger partial charge is 0.332 e. The van der Waals surface area contributed by atoms with E-state index in [4.69, 9.17) is 0 Å². The second-order valence-corrected chi connectivity index (χ2v) is 7.65. The third-order valence-corrected chi connectivity index (χ3v) is 5.49. The summed E-state index contributed by atoms with van der Waals surface area (Å²) in [6.45, 7) is 3.32. The Labute approximate surface area is 162 Å². The number of rotatable bonds is 4. The number of benzene rings is 2. The maximum Gasteiger partial charge on any atom is 0.315 e. The standard InChI is InChI=1S/C20H22FN3O2S/c1-12(14-4-3-5-16(10-14)23-13(2)25)22-20(26)24-18-8-9-27-19-7-6-15(21)11-17(18)19/h3-7,10-12,18H,8-9H2,1-2H3,(H,23,25)(H2,22,24,26)/t12-,18-/m1/s1. The van der Waals surface area contributed by atoms with E-state index in [9.17, 15) is 14.0 Å². The molecule has 0 bridgehead atoms. The highest BCUT2D eigenvalue weighted by Gasteiger charge is 2.23.